The predicted molar refractivity (Wildman–Crippen MR) is 133 cm³/mol. The molecule has 0 unspecified atom stereocenters. The first-order valence-corrected chi connectivity index (χ1v) is 12.3. The third-order valence-corrected chi connectivity index (χ3v) is 6.93. The first-order chi connectivity index (χ1) is 16.0. The molecular weight excluding hydrogens is 506 g/mol. The fourth-order valence-electron chi connectivity index (χ4n) is 4.09. The molecule has 0 saturated carbocycles. The maximum absolute atomic E-state index is 12.6. The van der Waals surface area contributed by atoms with Crippen LogP contribution in [0.4, 0.5) is 10.5 Å². The molecule has 2 amide bonds. The molecule has 4 rings (SSSR count). The first-order valence-electron chi connectivity index (χ1n) is 11.2. The van der Waals surface area contributed by atoms with Crippen LogP contribution in [0.1, 0.15) is 24.0 Å². The number of piperidine rings is 1. The van der Waals surface area contributed by atoms with E-state index in [1.54, 1.807) is 23.1 Å². The summed E-state index contributed by atoms with van der Waals surface area (Å²) in [5.74, 6) is 0.897. The van der Waals surface area contributed by atoms with E-state index in [0.717, 1.165) is 55.8 Å². The number of halogens is 2. The van der Waals surface area contributed by atoms with E-state index in [0.29, 0.717) is 29.4 Å². The van der Waals surface area contributed by atoms with Crippen LogP contribution in [0.15, 0.2) is 40.9 Å². The van der Waals surface area contributed by atoms with Crippen molar-refractivity contribution in [2.45, 2.75) is 25.5 Å². The van der Waals surface area contributed by atoms with E-state index in [-0.39, 0.29) is 12.1 Å². The number of nitrogens with zero attached hydrogens (tertiary/aromatic N) is 3. The summed E-state index contributed by atoms with van der Waals surface area (Å²) in [5.41, 5.74) is 2.13. The molecule has 9 heteroatoms. The first kappa shape index (κ1) is 23.8. The molecule has 33 heavy (non-hydrogen) atoms. The van der Waals surface area contributed by atoms with Crippen LogP contribution in [-0.4, -0.2) is 61.2 Å². The number of hydrogen-bond donors (Lipinski definition) is 2. The van der Waals surface area contributed by atoms with Crippen molar-refractivity contribution in [1.29, 1.82) is 5.26 Å². The van der Waals surface area contributed by atoms with Crippen LogP contribution in [0.5, 0.6) is 5.75 Å². The lowest BCUT2D eigenvalue weighted by atomic mass is 10.1. The smallest absolute Gasteiger partial charge is 0.321 e. The van der Waals surface area contributed by atoms with Crippen molar-refractivity contribution in [3.8, 4) is 11.8 Å². The van der Waals surface area contributed by atoms with Crippen LogP contribution < -0.4 is 15.4 Å². The topological polar surface area (TPSA) is 80.6 Å². The van der Waals surface area contributed by atoms with Crippen LogP contribution in [0.3, 0.4) is 0 Å². The fourth-order valence-corrected chi connectivity index (χ4v) is 4.77. The second-order valence-electron chi connectivity index (χ2n) is 8.33. The number of carbonyl (C=O) groups excluding carboxylic acids is 1. The van der Waals surface area contributed by atoms with Gasteiger partial charge in [-0.25, -0.2) is 4.79 Å². The second-order valence-corrected chi connectivity index (χ2v) is 9.59. The molecule has 2 aromatic rings. The summed E-state index contributed by atoms with van der Waals surface area (Å²) in [4.78, 5) is 16.8. The quantitative estimate of drug-likeness (QED) is 0.595. The average molecular weight is 533 g/mol. The van der Waals surface area contributed by atoms with Gasteiger partial charge in [0.25, 0.3) is 0 Å². The van der Waals surface area contributed by atoms with Crippen molar-refractivity contribution in [3.05, 3.63) is 57.0 Å². The number of piperazine rings is 1. The Bertz CT molecular complexity index is 1030. The highest BCUT2D eigenvalue weighted by Crippen LogP contribution is 2.29. The van der Waals surface area contributed by atoms with Crippen molar-refractivity contribution in [1.82, 2.24) is 15.1 Å². The van der Waals surface area contributed by atoms with Gasteiger partial charge in [0.2, 0.25) is 0 Å². The molecule has 174 valence electrons. The normalized spacial score (nSPS) is 17.4. The fraction of sp³-hybridized carbons (Fsp3) is 0.417. The van der Waals surface area contributed by atoms with Gasteiger partial charge in [-0.3, -0.25) is 4.90 Å². The Morgan fingerprint density at radius 2 is 1.94 bits per heavy atom. The van der Waals surface area contributed by atoms with E-state index >= 15 is 0 Å². The molecule has 2 aliphatic heterocycles. The third-order valence-electron chi connectivity index (χ3n) is 5.98. The minimum Gasteiger partial charge on any atom is -0.489 e. The average Bonchev–Trinajstić information content (AvgIpc) is 2.83. The molecule has 0 aromatic heterocycles. The molecule has 2 aliphatic rings. The maximum Gasteiger partial charge on any atom is 0.321 e. The number of hydrogen-bond acceptors (Lipinski definition) is 5. The van der Waals surface area contributed by atoms with E-state index in [9.17, 15) is 4.79 Å². The predicted octanol–water partition coefficient (Wildman–Crippen LogP) is 4.45. The van der Waals surface area contributed by atoms with Crippen LogP contribution in [0.2, 0.25) is 5.02 Å². The van der Waals surface area contributed by atoms with Gasteiger partial charge in [-0.2, -0.15) is 5.26 Å². The Kier molecular flexibility index (Phi) is 8.10. The Hall–Kier alpha value is -2.31. The van der Waals surface area contributed by atoms with Crippen LogP contribution in [0, 0.1) is 11.3 Å². The molecule has 0 bridgehead atoms. The van der Waals surface area contributed by atoms with E-state index in [1.807, 2.05) is 12.1 Å². The van der Waals surface area contributed by atoms with E-state index in [4.69, 9.17) is 21.6 Å². The summed E-state index contributed by atoms with van der Waals surface area (Å²) in [6.07, 6.45) is 2.33. The highest BCUT2D eigenvalue weighted by molar-refractivity contribution is 9.10. The molecule has 7 nitrogen and oxygen atoms in total. The van der Waals surface area contributed by atoms with Gasteiger partial charge in [0.1, 0.15) is 17.9 Å². The number of nitriles is 1. The lowest BCUT2D eigenvalue weighted by Gasteiger charge is -2.34. The Labute approximate surface area is 207 Å². The summed E-state index contributed by atoms with van der Waals surface area (Å²) >= 11 is 9.63. The van der Waals surface area contributed by atoms with E-state index in [2.05, 4.69) is 43.6 Å². The number of amides is 2. The van der Waals surface area contributed by atoms with Crippen molar-refractivity contribution >= 4 is 39.2 Å². The van der Waals surface area contributed by atoms with Gasteiger partial charge in [-0.15, -0.1) is 0 Å². The minimum absolute atomic E-state index is 0.164. The molecular formula is C24H27BrClN5O2. The summed E-state index contributed by atoms with van der Waals surface area (Å²) < 4.78 is 7.15. The number of urea groups is 1. The highest BCUT2D eigenvalue weighted by Gasteiger charge is 2.22. The largest absolute Gasteiger partial charge is 0.489 e. The van der Waals surface area contributed by atoms with Gasteiger partial charge >= 0.3 is 6.03 Å². The molecule has 0 aliphatic carbocycles. The second kappa shape index (κ2) is 11.2. The van der Waals surface area contributed by atoms with E-state index < -0.39 is 0 Å². The monoisotopic (exact) mass is 531 g/mol. The number of anilines is 1. The molecule has 2 heterocycles. The zero-order chi connectivity index (χ0) is 23.2. The van der Waals surface area contributed by atoms with Crippen LogP contribution >= 0.6 is 27.5 Å². The Morgan fingerprint density at radius 3 is 2.64 bits per heavy atom. The van der Waals surface area contributed by atoms with Crippen molar-refractivity contribution in [2.75, 3.05) is 44.6 Å². The molecule has 2 saturated heterocycles. The van der Waals surface area contributed by atoms with Crippen molar-refractivity contribution in [3.63, 3.8) is 0 Å². The van der Waals surface area contributed by atoms with Crippen molar-refractivity contribution < 1.29 is 9.53 Å². The van der Waals surface area contributed by atoms with Gasteiger partial charge in [0.15, 0.2) is 0 Å². The highest BCUT2D eigenvalue weighted by atomic mass is 79.9. The molecule has 0 atom stereocenters. The molecule has 2 fully saturated rings. The lowest BCUT2D eigenvalue weighted by Crippen LogP contribution is -2.49. The number of rotatable bonds is 5. The van der Waals surface area contributed by atoms with Gasteiger partial charge in [-0.1, -0.05) is 17.7 Å². The lowest BCUT2D eigenvalue weighted by molar-refractivity contribution is 0.142. The van der Waals surface area contributed by atoms with Gasteiger partial charge in [0.05, 0.1) is 15.1 Å². The minimum atomic E-state index is -0.164. The standard InChI is InChI=1S/C24H27BrClN5O2/c25-21-13-17(1-4-23(21)33-20-5-7-28-8-6-20)16-30-9-11-31(12-10-30)24(32)29-19-2-3-22(26)18(14-19)15-27/h1-4,13-14,20,28H,5-12,16H2,(H,29,32). The van der Waals surface area contributed by atoms with Crippen molar-refractivity contribution in [2.24, 2.45) is 0 Å². The molecule has 0 radical (unpaired) electrons. The van der Waals surface area contributed by atoms with Gasteiger partial charge in [-0.05, 0) is 77.8 Å². The molecule has 2 N–H and O–H groups in total. The Morgan fingerprint density at radius 1 is 1.18 bits per heavy atom. The molecule has 2 aromatic carbocycles. The number of nitrogens with one attached hydrogen (secondary N) is 2. The van der Waals surface area contributed by atoms with E-state index in [1.165, 1.54) is 5.56 Å². The number of carbonyl (C=O) groups is 1. The summed E-state index contributed by atoms with van der Waals surface area (Å²) in [6.45, 7) is 5.70. The summed E-state index contributed by atoms with van der Waals surface area (Å²) in [6, 6.07) is 13.1. The maximum atomic E-state index is 12.6. The Balaban J connectivity index is 1.26. The van der Waals surface area contributed by atoms with Crippen LogP contribution in [-0.2, 0) is 6.54 Å². The zero-order valence-electron chi connectivity index (χ0n) is 18.3. The van der Waals surface area contributed by atoms with Gasteiger partial charge < -0.3 is 20.3 Å². The van der Waals surface area contributed by atoms with Gasteiger partial charge in [0, 0.05) is 38.4 Å². The summed E-state index contributed by atoms with van der Waals surface area (Å²) in [7, 11) is 0. The SMILES string of the molecule is N#Cc1cc(NC(=O)N2CCN(Cc3ccc(OC4CCNCC4)c(Br)c3)CC2)ccc1Cl. The zero-order valence-corrected chi connectivity index (χ0v) is 20.7. The molecule has 0 spiro atoms. The third kappa shape index (κ3) is 6.39. The number of ether oxygens (including phenoxy) is 1. The number of benzene rings is 2. The van der Waals surface area contributed by atoms with Crippen LogP contribution in [0.25, 0.3) is 0 Å². The summed E-state index contributed by atoms with van der Waals surface area (Å²) in [5, 5.41) is 15.7.